The highest BCUT2D eigenvalue weighted by molar-refractivity contribution is 6.31. The van der Waals surface area contributed by atoms with E-state index in [2.05, 4.69) is 4.98 Å². The van der Waals surface area contributed by atoms with Gasteiger partial charge in [-0.3, -0.25) is 4.79 Å². The van der Waals surface area contributed by atoms with Crippen LogP contribution in [0.1, 0.15) is 21.6 Å². The average Bonchev–Trinajstić information content (AvgIpc) is 2.02. The maximum absolute atomic E-state index is 10.9. The van der Waals surface area contributed by atoms with Gasteiger partial charge in [0.2, 0.25) is 5.91 Å². The van der Waals surface area contributed by atoms with Crippen LogP contribution >= 0.6 is 11.6 Å². The number of carbonyl (C=O) groups is 1. The van der Waals surface area contributed by atoms with Crippen LogP contribution in [0.3, 0.4) is 0 Å². The van der Waals surface area contributed by atoms with Gasteiger partial charge in [-0.25, -0.2) is 4.98 Å². The molecule has 1 rings (SSSR count). The highest BCUT2D eigenvalue weighted by Crippen LogP contribution is 2.17. The fourth-order valence-electron chi connectivity index (χ4n) is 0.936. The van der Waals surface area contributed by atoms with E-state index < -0.39 is 5.91 Å². The van der Waals surface area contributed by atoms with Crippen LogP contribution in [-0.4, -0.2) is 10.9 Å². The van der Waals surface area contributed by atoms with E-state index in [1.54, 1.807) is 13.0 Å². The minimum Gasteiger partial charge on any atom is -0.366 e. The number of carbonyl (C=O) groups excluding carboxylic acids is 1. The Kier molecular flexibility index (Phi) is 2.49. The molecule has 0 bridgehead atoms. The highest BCUT2D eigenvalue weighted by atomic mass is 35.5. The maximum atomic E-state index is 10.9. The van der Waals surface area contributed by atoms with E-state index in [1.807, 2.05) is 0 Å². The Labute approximate surface area is 79.9 Å². The predicted molar refractivity (Wildman–Crippen MR) is 47.2 cm³/mol. The molecule has 0 unspecified atom stereocenters. The smallest absolute Gasteiger partial charge is 0.250 e. The lowest BCUT2D eigenvalue weighted by molar-refractivity contribution is 0.1000. The fourth-order valence-corrected chi connectivity index (χ4v) is 1.21. The molecule has 4 nitrogen and oxygen atoms in total. The molecular weight excluding hydrogens is 190 g/mol. The van der Waals surface area contributed by atoms with Gasteiger partial charge < -0.3 is 5.73 Å². The molecule has 0 fully saturated rings. The molecule has 1 aromatic rings. The van der Waals surface area contributed by atoms with Crippen molar-refractivity contribution in [1.29, 1.82) is 5.26 Å². The summed E-state index contributed by atoms with van der Waals surface area (Å²) in [5, 5.41) is 8.67. The summed E-state index contributed by atoms with van der Waals surface area (Å²) in [7, 11) is 0. The standard InChI is InChI=1S/C8H6ClN3O/c1-4-2-5(8(11)13)6(3-10)7(9)12-4/h2H,1H3,(H2,11,13). The second kappa shape index (κ2) is 3.42. The first-order valence-electron chi connectivity index (χ1n) is 3.43. The van der Waals surface area contributed by atoms with Gasteiger partial charge in [0.1, 0.15) is 16.8 Å². The number of nitrogens with zero attached hydrogens (tertiary/aromatic N) is 2. The molecule has 1 heterocycles. The minimum absolute atomic E-state index is 0.0105. The normalized spacial score (nSPS) is 9.31. The quantitative estimate of drug-likeness (QED) is 0.680. The zero-order chi connectivity index (χ0) is 10.0. The van der Waals surface area contributed by atoms with Gasteiger partial charge >= 0.3 is 0 Å². The first kappa shape index (κ1) is 9.49. The zero-order valence-corrected chi connectivity index (χ0v) is 7.59. The third-order valence-corrected chi connectivity index (χ3v) is 1.75. The van der Waals surface area contributed by atoms with Gasteiger partial charge in [0.25, 0.3) is 0 Å². The number of aromatic nitrogens is 1. The van der Waals surface area contributed by atoms with Gasteiger partial charge in [0.15, 0.2) is 0 Å². The predicted octanol–water partition coefficient (Wildman–Crippen LogP) is 1.01. The zero-order valence-electron chi connectivity index (χ0n) is 6.84. The van der Waals surface area contributed by atoms with Crippen molar-refractivity contribution in [3.63, 3.8) is 0 Å². The number of hydrogen-bond acceptors (Lipinski definition) is 3. The summed E-state index contributed by atoms with van der Waals surface area (Å²) in [5.41, 5.74) is 5.74. The summed E-state index contributed by atoms with van der Waals surface area (Å²) >= 11 is 5.64. The van der Waals surface area contributed by atoms with Crippen LogP contribution in [0, 0.1) is 18.3 Å². The lowest BCUT2D eigenvalue weighted by Gasteiger charge is -2.01. The van der Waals surface area contributed by atoms with Gasteiger partial charge in [-0.2, -0.15) is 5.26 Å². The SMILES string of the molecule is Cc1cc(C(N)=O)c(C#N)c(Cl)n1. The van der Waals surface area contributed by atoms with E-state index >= 15 is 0 Å². The van der Waals surface area contributed by atoms with Crippen molar-refractivity contribution in [3.8, 4) is 6.07 Å². The number of hydrogen-bond donors (Lipinski definition) is 1. The van der Waals surface area contributed by atoms with Crippen molar-refractivity contribution in [2.45, 2.75) is 6.92 Å². The van der Waals surface area contributed by atoms with Crippen molar-refractivity contribution >= 4 is 17.5 Å². The number of rotatable bonds is 1. The summed E-state index contributed by atoms with van der Waals surface area (Å²) < 4.78 is 0. The van der Waals surface area contributed by atoms with Crippen molar-refractivity contribution in [3.05, 3.63) is 28.0 Å². The molecule has 0 spiro atoms. The van der Waals surface area contributed by atoms with Gasteiger partial charge in [0, 0.05) is 5.69 Å². The molecule has 13 heavy (non-hydrogen) atoms. The van der Waals surface area contributed by atoms with E-state index in [-0.39, 0.29) is 16.3 Å². The van der Waals surface area contributed by atoms with Crippen LogP contribution in [0.15, 0.2) is 6.07 Å². The first-order chi connectivity index (χ1) is 6.06. The number of primary amides is 1. The largest absolute Gasteiger partial charge is 0.366 e. The molecule has 0 radical (unpaired) electrons. The monoisotopic (exact) mass is 195 g/mol. The molecule has 0 saturated carbocycles. The topological polar surface area (TPSA) is 79.8 Å². The fraction of sp³-hybridized carbons (Fsp3) is 0.125. The molecular formula is C8H6ClN3O. The van der Waals surface area contributed by atoms with E-state index in [1.165, 1.54) is 6.07 Å². The third kappa shape index (κ3) is 1.76. The number of nitriles is 1. The molecule has 2 N–H and O–H groups in total. The molecule has 66 valence electrons. The van der Waals surface area contributed by atoms with Crippen molar-refractivity contribution < 1.29 is 4.79 Å². The summed E-state index contributed by atoms with van der Waals surface area (Å²) in [6, 6.07) is 3.21. The second-order valence-corrected chi connectivity index (χ2v) is 2.81. The molecule has 0 atom stereocenters. The highest BCUT2D eigenvalue weighted by Gasteiger charge is 2.13. The van der Waals surface area contributed by atoms with Crippen molar-refractivity contribution in [2.75, 3.05) is 0 Å². The second-order valence-electron chi connectivity index (χ2n) is 2.45. The van der Waals surface area contributed by atoms with E-state index in [9.17, 15) is 4.79 Å². The summed E-state index contributed by atoms with van der Waals surface area (Å²) in [6.07, 6.45) is 0. The average molecular weight is 196 g/mol. The number of pyridine rings is 1. The molecule has 1 amide bonds. The van der Waals surface area contributed by atoms with E-state index in [0.717, 1.165) is 0 Å². The summed E-state index contributed by atoms with van der Waals surface area (Å²) in [6.45, 7) is 1.67. The summed E-state index contributed by atoms with van der Waals surface area (Å²) in [5.74, 6) is -0.677. The first-order valence-corrected chi connectivity index (χ1v) is 3.81. The molecule has 5 heteroatoms. The Morgan fingerprint density at radius 2 is 2.38 bits per heavy atom. The Morgan fingerprint density at radius 3 is 2.85 bits per heavy atom. The molecule has 0 aromatic carbocycles. The Balaban J connectivity index is 3.50. The lowest BCUT2D eigenvalue weighted by atomic mass is 10.1. The van der Waals surface area contributed by atoms with Crippen LogP contribution in [0.5, 0.6) is 0 Å². The molecule has 0 aliphatic heterocycles. The lowest BCUT2D eigenvalue weighted by Crippen LogP contribution is -2.14. The Morgan fingerprint density at radius 1 is 1.77 bits per heavy atom. The third-order valence-electron chi connectivity index (χ3n) is 1.48. The summed E-state index contributed by atoms with van der Waals surface area (Å²) in [4.78, 5) is 14.7. The van der Waals surface area contributed by atoms with Gasteiger partial charge in [-0.1, -0.05) is 11.6 Å². The number of amides is 1. The number of halogens is 1. The van der Waals surface area contributed by atoms with Crippen molar-refractivity contribution in [1.82, 2.24) is 4.98 Å². The number of aryl methyl sites for hydroxylation is 1. The molecule has 0 aliphatic carbocycles. The van der Waals surface area contributed by atoms with E-state index in [0.29, 0.717) is 5.69 Å². The molecule has 0 aliphatic rings. The van der Waals surface area contributed by atoms with Gasteiger partial charge in [-0.05, 0) is 13.0 Å². The van der Waals surface area contributed by atoms with Gasteiger partial charge in [0.05, 0.1) is 5.56 Å². The Hall–Kier alpha value is -1.60. The number of nitrogens with two attached hydrogens (primary N) is 1. The van der Waals surface area contributed by atoms with Crippen LogP contribution in [0.4, 0.5) is 0 Å². The Bertz CT molecular complexity index is 409. The van der Waals surface area contributed by atoms with Crippen LogP contribution in [0.2, 0.25) is 5.15 Å². The van der Waals surface area contributed by atoms with Crippen LogP contribution in [0.25, 0.3) is 0 Å². The van der Waals surface area contributed by atoms with Crippen LogP contribution in [-0.2, 0) is 0 Å². The van der Waals surface area contributed by atoms with Crippen LogP contribution < -0.4 is 5.73 Å². The van der Waals surface area contributed by atoms with Crippen molar-refractivity contribution in [2.24, 2.45) is 5.73 Å². The minimum atomic E-state index is -0.677. The molecule has 0 saturated heterocycles. The molecule has 1 aromatic heterocycles. The van der Waals surface area contributed by atoms with E-state index in [4.69, 9.17) is 22.6 Å². The van der Waals surface area contributed by atoms with Gasteiger partial charge in [-0.15, -0.1) is 0 Å². The maximum Gasteiger partial charge on any atom is 0.250 e.